The maximum atomic E-state index is 6.01. The summed E-state index contributed by atoms with van der Waals surface area (Å²) in [5, 5.41) is 0. The Kier molecular flexibility index (Phi) is 3.36. The van der Waals surface area contributed by atoms with Gasteiger partial charge in [-0.05, 0) is 23.7 Å². The number of nitrogens with two attached hydrogens (primary N) is 1. The minimum atomic E-state index is 0.269. The zero-order chi connectivity index (χ0) is 10.2. The third-order valence-electron chi connectivity index (χ3n) is 2.39. The van der Waals surface area contributed by atoms with Crippen LogP contribution in [-0.4, -0.2) is 6.04 Å². The highest BCUT2D eigenvalue weighted by atomic mass is 14.7. The summed E-state index contributed by atoms with van der Waals surface area (Å²) in [6.07, 6.45) is 0. The second kappa shape index (κ2) is 3.37. The fraction of sp³-hybridized carbons (Fsp3) is 1.00. The van der Waals surface area contributed by atoms with Crippen LogP contribution in [-0.2, 0) is 0 Å². The van der Waals surface area contributed by atoms with E-state index in [2.05, 4.69) is 48.5 Å². The Morgan fingerprint density at radius 2 is 1.08 bits per heavy atom. The standard InChI is InChI=1S/C11H25N/c1-8(12)9(10(2,3)4)11(5,6)7/h8-9H,12H2,1-7H3. The zero-order valence-corrected chi connectivity index (χ0v) is 9.73. The summed E-state index contributed by atoms with van der Waals surface area (Å²) in [5.74, 6) is 0.560. The van der Waals surface area contributed by atoms with E-state index in [1.807, 2.05) is 0 Å². The summed E-state index contributed by atoms with van der Waals surface area (Å²) in [6.45, 7) is 15.7. The van der Waals surface area contributed by atoms with Crippen molar-refractivity contribution in [2.75, 3.05) is 0 Å². The molecule has 0 heterocycles. The van der Waals surface area contributed by atoms with Gasteiger partial charge in [0.2, 0.25) is 0 Å². The van der Waals surface area contributed by atoms with Gasteiger partial charge in [0.15, 0.2) is 0 Å². The van der Waals surface area contributed by atoms with Crippen LogP contribution < -0.4 is 5.73 Å². The molecule has 0 aliphatic rings. The third kappa shape index (κ3) is 3.14. The summed E-state index contributed by atoms with van der Waals surface area (Å²) in [5.41, 5.74) is 6.60. The summed E-state index contributed by atoms with van der Waals surface area (Å²) >= 11 is 0. The molecule has 0 amide bonds. The van der Waals surface area contributed by atoms with Crippen molar-refractivity contribution < 1.29 is 0 Å². The van der Waals surface area contributed by atoms with Crippen molar-refractivity contribution in [1.82, 2.24) is 0 Å². The van der Waals surface area contributed by atoms with E-state index in [0.29, 0.717) is 16.7 Å². The predicted octanol–water partition coefficient (Wildman–Crippen LogP) is 3.04. The van der Waals surface area contributed by atoms with Gasteiger partial charge < -0.3 is 5.73 Å². The van der Waals surface area contributed by atoms with Crippen molar-refractivity contribution >= 4 is 0 Å². The topological polar surface area (TPSA) is 26.0 Å². The number of hydrogen-bond acceptors (Lipinski definition) is 1. The Labute approximate surface area is 77.7 Å². The molecule has 1 atom stereocenters. The third-order valence-corrected chi connectivity index (χ3v) is 2.39. The predicted molar refractivity (Wildman–Crippen MR) is 56.0 cm³/mol. The van der Waals surface area contributed by atoms with E-state index in [9.17, 15) is 0 Å². The summed E-state index contributed by atoms with van der Waals surface area (Å²) in [4.78, 5) is 0. The maximum absolute atomic E-state index is 6.01. The Hall–Kier alpha value is -0.0400. The quantitative estimate of drug-likeness (QED) is 0.645. The molecule has 0 radical (unpaired) electrons. The van der Waals surface area contributed by atoms with E-state index < -0.39 is 0 Å². The average Bonchev–Trinajstić information content (AvgIpc) is 1.49. The van der Waals surface area contributed by atoms with Crippen LogP contribution in [0.4, 0.5) is 0 Å². The summed E-state index contributed by atoms with van der Waals surface area (Å²) in [6, 6.07) is 0.269. The Bertz CT molecular complexity index is 120. The minimum Gasteiger partial charge on any atom is -0.328 e. The molecular formula is C11H25N. The van der Waals surface area contributed by atoms with Crippen molar-refractivity contribution in [2.45, 2.75) is 54.5 Å². The maximum Gasteiger partial charge on any atom is 0.00487 e. The molecule has 12 heavy (non-hydrogen) atoms. The fourth-order valence-electron chi connectivity index (χ4n) is 2.88. The smallest absolute Gasteiger partial charge is 0.00487 e. The molecule has 0 saturated carbocycles. The van der Waals surface area contributed by atoms with E-state index in [4.69, 9.17) is 5.73 Å². The van der Waals surface area contributed by atoms with Gasteiger partial charge in [-0.3, -0.25) is 0 Å². The molecule has 1 heteroatoms. The lowest BCUT2D eigenvalue weighted by Gasteiger charge is -2.43. The summed E-state index contributed by atoms with van der Waals surface area (Å²) in [7, 11) is 0. The molecule has 1 nitrogen and oxygen atoms in total. The van der Waals surface area contributed by atoms with Gasteiger partial charge in [-0.2, -0.15) is 0 Å². The van der Waals surface area contributed by atoms with E-state index >= 15 is 0 Å². The Balaban J connectivity index is 4.70. The average molecular weight is 171 g/mol. The molecule has 0 aliphatic carbocycles. The fourth-order valence-corrected chi connectivity index (χ4v) is 2.88. The molecule has 0 aromatic carbocycles. The van der Waals surface area contributed by atoms with Crippen LogP contribution in [0.25, 0.3) is 0 Å². The van der Waals surface area contributed by atoms with Crippen LogP contribution in [0, 0.1) is 16.7 Å². The molecule has 0 aromatic heterocycles. The first kappa shape index (κ1) is 12.0. The second-order valence-electron chi connectivity index (χ2n) is 6.07. The van der Waals surface area contributed by atoms with Crippen LogP contribution in [0.15, 0.2) is 0 Å². The highest BCUT2D eigenvalue weighted by molar-refractivity contribution is 4.88. The lowest BCUT2D eigenvalue weighted by atomic mass is 9.64. The highest BCUT2D eigenvalue weighted by Gasteiger charge is 2.36. The van der Waals surface area contributed by atoms with Gasteiger partial charge in [0.25, 0.3) is 0 Å². The first-order valence-electron chi connectivity index (χ1n) is 4.82. The molecule has 0 aromatic rings. The first-order chi connectivity index (χ1) is 5.07. The second-order valence-corrected chi connectivity index (χ2v) is 6.07. The van der Waals surface area contributed by atoms with Crippen LogP contribution >= 0.6 is 0 Å². The van der Waals surface area contributed by atoms with Crippen LogP contribution in [0.3, 0.4) is 0 Å². The van der Waals surface area contributed by atoms with Crippen molar-refractivity contribution in [3.05, 3.63) is 0 Å². The minimum absolute atomic E-state index is 0.269. The molecule has 0 rings (SSSR count). The zero-order valence-electron chi connectivity index (χ0n) is 9.73. The Morgan fingerprint density at radius 1 is 0.833 bits per heavy atom. The molecule has 0 spiro atoms. The van der Waals surface area contributed by atoms with Crippen molar-refractivity contribution in [1.29, 1.82) is 0 Å². The van der Waals surface area contributed by atoms with Crippen molar-refractivity contribution in [2.24, 2.45) is 22.5 Å². The lowest BCUT2D eigenvalue weighted by molar-refractivity contribution is 0.0812. The van der Waals surface area contributed by atoms with Crippen LogP contribution in [0.5, 0.6) is 0 Å². The molecule has 0 bridgehead atoms. The molecule has 0 fully saturated rings. The lowest BCUT2D eigenvalue weighted by Crippen LogP contribution is -2.44. The van der Waals surface area contributed by atoms with Crippen LogP contribution in [0.1, 0.15) is 48.5 Å². The van der Waals surface area contributed by atoms with Gasteiger partial charge >= 0.3 is 0 Å². The summed E-state index contributed by atoms with van der Waals surface area (Å²) < 4.78 is 0. The van der Waals surface area contributed by atoms with Gasteiger partial charge in [0, 0.05) is 6.04 Å². The molecule has 0 aliphatic heterocycles. The molecule has 2 N–H and O–H groups in total. The normalized spacial score (nSPS) is 16.8. The van der Waals surface area contributed by atoms with E-state index in [0.717, 1.165) is 0 Å². The first-order valence-corrected chi connectivity index (χ1v) is 4.82. The number of hydrogen-bond donors (Lipinski definition) is 1. The SMILES string of the molecule is CC(N)C(C(C)(C)C)C(C)(C)C. The van der Waals surface area contributed by atoms with Gasteiger partial charge in [0.05, 0.1) is 0 Å². The molecule has 74 valence electrons. The van der Waals surface area contributed by atoms with Gasteiger partial charge in [-0.25, -0.2) is 0 Å². The van der Waals surface area contributed by atoms with Crippen molar-refractivity contribution in [3.63, 3.8) is 0 Å². The monoisotopic (exact) mass is 171 g/mol. The van der Waals surface area contributed by atoms with Crippen LogP contribution in [0.2, 0.25) is 0 Å². The van der Waals surface area contributed by atoms with E-state index in [1.165, 1.54) is 0 Å². The molecule has 1 unspecified atom stereocenters. The molecular weight excluding hydrogens is 146 g/mol. The van der Waals surface area contributed by atoms with E-state index in [1.54, 1.807) is 0 Å². The highest BCUT2D eigenvalue weighted by Crippen LogP contribution is 2.41. The number of rotatable bonds is 1. The van der Waals surface area contributed by atoms with E-state index in [-0.39, 0.29) is 6.04 Å². The Morgan fingerprint density at radius 3 is 1.08 bits per heavy atom. The van der Waals surface area contributed by atoms with Gasteiger partial charge in [-0.1, -0.05) is 41.5 Å². The van der Waals surface area contributed by atoms with Crippen molar-refractivity contribution in [3.8, 4) is 0 Å². The molecule has 0 saturated heterocycles. The largest absolute Gasteiger partial charge is 0.328 e. The van der Waals surface area contributed by atoms with Gasteiger partial charge in [-0.15, -0.1) is 0 Å². The van der Waals surface area contributed by atoms with Gasteiger partial charge in [0.1, 0.15) is 0 Å².